The van der Waals surface area contributed by atoms with Crippen LogP contribution < -0.4 is 4.90 Å². The highest BCUT2D eigenvalue weighted by Gasteiger charge is 2.51. The first-order valence-electron chi connectivity index (χ1n) is 9.22. The summed E-state index contributed by atoms with van der Waals surface area (Å²) in [5.74, 6) is -0.889. The Morgan fingerprint density at radius 3 is 2.59 bits per heavy atom. The molecule has 0 fully saturated rings. The number of aryl methyl sites for hydroxylation is 1. The summed E-state index contributed by atoms with van der Waals surface area (Å²) >= 11 is 3.40. The van der Waals surface area contributed by atoms with Gasteiger partial charge in [-0.25, -0.2) is 0 Å². The Morgan fingerprint density at radius 1 is 1.14 bits per heavy atom. The van der Waals surface area contributed by atoms with Crippen molar-refractivity contribution < 1.29 is 14.7 Å². The van der Waals surface area contributed by atoms with Crippen molar-refractivity contribution in [2.24, 2.45) is 0 Å². The van der Waals surface area contributed by atoms with Gasteiger partial charge >= 0.3 is 0 Å². The second-order valence-corrected chi connectivity index (χ2v) is 8.13. The molecule has 1 aromatic heterocycles. The molecule has 0 bridgehead atoms. The van der Waals surface area contributed by atoms with Crippen molar-refractivity contribution in [1.29, 1.82) is 0 Å². The highest BCUT2D eigenvalue weighted by atomic mass is 79.9. The van der Waals surface area contributed by atoms with E-state index in [0.717, 1.165) is 15.6 Å². The largest absolute Gasteiger partial charge is 0.375 e. The van der Waals surface area contributed by atoms with E-state index in [9.17, 15) is 14.7 Å². The number of hydrogen-bond acceptors (Lipinski definition) is 4. The summed E-state index contributed by atoms with van der Waals surface area (Å²) in [4.78, 5) is 31.7. The Labute approximate surface area is 177 Å². The second-order valence-electron chi connectivity index (χ2n) is 7.21. The molecule has 2 heterocycles. The lowest BCUT2D eigenvalue weighted by Crippen LogP contribution is -2.41. The number of anilines is 1. The number of carbonyl (C=O) groups is 2. The van der Waals surface area contributed by atoms with Gasteiger partial charge in [-0.2, -0.15) is 0 Å². The van der Waals surface area contributed by atoms with Crippen LogP contribution in [0.15, 0.2) is 71.3 Å². The van der Waals surface area contributed by atoms with E-state index in [1.807, 2.05) is 37.3 Å². The van der Waals surface area contributed by atoms with E-state index < -0.39 is 11.5 Å². The van der Waals surface area contributed by atoms with Crippen LogP contribution in [0, 0.1) is 6.92 Å². The maximum absolute atomic E-state index is 13.3. The minimum atomic E-state index is -1.93. The van der Waals surface area contributed by atoms with Gasteiger partial charge in [-0.3, -0.25) is 14.6 Å². The number of Topliss-reactive ketones (excluding diaryl/α,β-unsaturated/α-hetero) is 1. The SMILES string of the molecule is Cc1ccc(CN2C(=O)[C@](O)(CC(=O)c3ccccn3)c3cc(Br)ccc32)cc1. The van der Waals surface area contributed by atoms with E-state index in [0.29, 0.717) is 17.8 Å². The highest BCUT2D eigenvalue weighted by molar-refractivity contribution is 9.10. The van der Waals surface area contributed by atoms with Crippen molar-refractivity contribution in [3.05, 3.63) is 93.7 Å². The molecule has 0 aliphatic carbocycles. The Kier molecular flexibility index (Phi) is 5.06. The van der Waals surface area contributed by atoms with Crippen LogP contribution in [0.4, 0.5) is 5.69 Å². The van der Waals surface area contributed by atoms with Crippen molar-refractivity contribution in [2.75, 3.05) is 4.90 Å². The van der Waals surface area contributed by atoms with Gasteiger partial charge in [0.15, 0.2) is 11.4 Å². The fourth-order valence-electron chi connectivity index (χ4n) is 3.58. The maximum atomic E-state index is 13.3. The summed E-state index contributed by atoms with van der Waals surface area (Å²) in [6.07, 6.45) is 1.15. The molecule has 1 atom stereocenters. The zero-order chi connectivity index (χ0) is 20.6. The van der Waals surface area contributed by atoms with Crippen LogP contribution in [0.3, 0.4) is 0 Å². The topological polar surface area (TPSA) is 70.5 Å². The molecule has 0 unspecified atom stereocenters. The number of hydrogen-bond donors (Lipinski definition) is 1. The number of fused-ring (bicyclic) bond motifs is 1. The van der Waals surface area contributed by atoms with Crippen LogP contribution in [-0.2, 0) is 16.9 Å². The van der Waals surface area contributed by atoms with E-state index in [2.05, 4.69) is 20.9 Å². The molecule has 1 aliphatic heterocycles. The molecule has 3 aromatic rings. The molecule has 4 rings (SSSR count). The predicted octanol–water partition coefficient (Wildman–Crippen LogP) is 4.16. The van der Waals surface area contributed by atoms with Crippen molar-refractivity contribution in [3.8, 4) is 0 Å². The Balaban J connectivity index is 1.71. The number of nitrogens with zero attached hydrogens (tertiary/aromatic N) is 2. The quantitative estimate of drug-likeness (QED) is 0.592. The fraction of sp³-hybridized carbons (Fsp3) is 0.174. The number of halogens is 1. The molecule has 6 heteroatoms. The Bertz CT molecular complexity index is 1080. The molecule has 2 aromatic carbocycles. The monoisotopic (exact) mass is 450 g/mol. The summed E-state index contributed by atoms with van der Waals surface area (Å²) in [5, 5.41) is 11.4. The van der Waals surface area contributed by atoms with Crippen LogP contribution in [-0.4, -0.2) is 21.8 Å². The third-order valence-electron chi connectivity index (χ3n) is 5.12. The van der Waals surface area contributed by atoms with E-state index in [-0.39, 0.29) is 17.9 Å². The molecule has 146 valence electrons. The average Bonchev–Trinajstić information content (AvgIpc) is 2.92. The lowest BCUT2D eigenvalue weighted by Gasteiger charge is -2.22. The zero-order valence-electron chi connectivity index (χ0n) is 15.8. The van der Waals surface area contributed by atoms with Crippen LogP contribution >= 0.6 is 15.9 Å². The molecule has 0 saturated heterocycles. The van der Waals surface area contributed by atoms with Gasteiger partial charge in [0.25, 0.3) is 5.91 Å². The molecule has 5 nitrogen and oxygen atoms in total. The minimum absolute atomic E-state index is 0.224. The summed E-state index contributed by atoms with van der Waals surface area (Å²) in [7, 11) is 0. The molecule has 1 N–H and O–H groups in total. The number of rotatable bonds is 5. The second kappa shape index (κ2) is 7.54. The lowest BCUT2D eigenvalue weighted by atomic mass is 9.89. The van der Waals surface area contributed by atoms with Gasteiger partial charge in [0.2, 0.25) is 0 Å². The molecule has 0 spiro atoms. The van der Waals surface area contributed by atoms with Gasteiger partial charge < -0.3 is 10.0 Å². The normalized spacial score (nSPS) is 18.0. The lowest BCUT2D eigenvalue weighted by molar-refractivity contribution is -0.136. The van der Waals surface area contributed by atoms with Crippen molar-refractivity contribution in [3.63, 3.8) is 0 Å². The molecule has 29 heavy (non-hydrogen) atoms. The van der Waals surface area contributed by atoms with E-state index in [4.69, 9.17) is 0 Å². The predicted molar refractivity (Wildman–Crippen MR) is 114 cm³/mol. The van der Waals surface area contributed by atoms with E-state index >= 15 is 0 Å². The van der Waals surface area contributed by atoms with Crippen LogP contribution in [0.2, 0.25) is 0 Å². The number of benzene rings is 2. The first-order chi connectivity index (χ1) is 13.9. The Morgan fingerprint density at radius 2 is 1.90 bits per heavy atom. The summed E-state index contributed by atoms with van der Waals surface area (Å²) in [6.45, 7) is 2.31. The van der Waals surface area contributed by atoms with Crippen molar-refractivity contribution in [1.82, 2.24) is 4.98 Å². The highest BCUT2D eigenvalue weighted by Crippen LogP contribution is 2.44. The molecule has 0 saturated carbocycles. The van der Waals surface area contributed by atoms with E-state index in [1.165, 1.54) is 11.1 Å². The smallest absolute Gasteiger partial charge is 0.264 e. The van der Waals surface area contributed by atoms with E-state index in [1.54, 1.807) is 30.3 Å². The third kappa shape index (κ3) is 3.61. The molecule has 1 amide bonds. The zero-order valence-corrected chi connectivity index (χ0v) is 17.4. The molecule has 0 radical (unpaired) electrons. The van der Waals surface area contributed by atoms with Gasteiger partial charge in [0.1, 0.15) is 5.69 Å². The number of amides is 1. The summed E-state index contributed by atoms with van der Waals surface area (Å²) < 4.78 is 0.727. The first-order valence-corrected chi connectivity index (χ1v) is 10.0. The number of ketones is 1. The summed E-state index contributed by atoms with van der Waals surface area (Å²) in [6, 6.07) is 18.2. The fourth-order valence-corrected chi connectivity index (χ4v) is 3.94. The molecule has 1 aliphatic rings. The van der Waals surface area contributed by atoms with Crippen molar-refractivity contribution in [2.45, 2.75) is 25.5 Å². The van der Waals surface area contributed by atoms with Crippen LogP contribution in [0.1, 0.15) is 33.6 Å². The number of aliphatic hydroxyl groups is 1. The third-order valence-corrected chi connectivity index (χ3v) is 5.62. The number of pyridine rings is 1. The van der Waals surface area contributed by atoms with Crippen LogP contribution in [0.25, 0.3) is 0 Å². The minimum Gasteiger partial charge on any atom is -0.375 e. The summed E-state index contributed by atoms with van der Waals surface area (Å²) in [5.41, 5.74) is 1.39. The van der Waals surface area contributed by atoms with Crippen LogP contribution in [0.5, 0.6) is 0 Å². The van der Waals surface area contributed by atoms with Gasteiger partial charge in [-0.15, -0.1) is 0 Å². The maximum Gasteiger partial charge on any atom is 0.264 e. The molecular weight excluding hydrogens is 432 g/mol. The molecular formula is C23H19BrN2O3. The average molecular weight is 451 g/mol. The standard InChI is InChI=1S/C23H19BrN2O3/c1-15-5-7-16(8-6-15)14-26-20-10-9-17(24)12-18(20)23(29,22(26)28)13-21(27)19-4-2-3-11-25-19/h2-12,29H,13-14H2,1H3/t23-/m0/s1. The number of carbonyl (C=O) groups excluding carboxylic acids is 2. The van der Waals surface area contributed by atoms with Gasteiger partial charge in [0, 0.05) is 16.2 Å². The van der Waals surface area contributed by atoms with Gasteiger partial charge in [0.05, 0.1) is 18.7 Å². The van der Waals surface area contributed by atoms with Gasteiger partial charge in [-0.05, 0) is 42.8 Å². The van der Waals surface area contributed by atoms with Crippen molar-refractivity contribution >= 4 is 33.3 Å². The Hall–Kier alpha value is -2.83. The number of aromatic nitrogens is 1. The first kappa shape index (κ1) is 19.5. The van der Waals surface area contributed by atoms with Gasteiger partial charge in [-0.1, -0.05) is 51.8 Å².